The molecule has 3 rings (SSSR count). The van der Waals surface area contributed by atoms with Crippen LogP contribution < -0.4 is 21.9 Å². The van der Waals surface area contributed by atoms with Crippen molar-refractivity contribution in [2.75, 3.05) is 12.8 Å². The maximum atomic E-state index is 6.11. The lowest BCUT2D eigenvalue weighted by molar-refractivity contribution is 0.414. The molecule has 0 atom stereocenters. The number of ether oxygens (including phenoxy) is 1. The fraction of sp³-hybridized carbons (Fsp3) is 0.133. The number of hydrogen-bond donors (Lipinski definition) is 3. The Morgan fingerprint density at radius 1 is 1.25 bits per heavy atom. The fourth-order valence-electron chi connectivity index (χ4n) is 2.00. The van der Waals surface area contributed by atoms with Crippen LogP contribution in [0.1, 0.15) is 5.56 Å². The summed E-state index contributed by atoms with van der Waals surface area (Å²) in [6.45, 7) is 3.73. The Balaban J connectivity index is 0.000000471. The summed E-state index contributed by atoms with van der Waals surface area (Å²) in [7, 11) is 1.64. The number of nitrogen functional groups attached to an aromatic ring is 1. The minimum Gasteiger partial charge on any atom is -0.497 e. The molecule has 0 aliphatic rings. The highest BCUT2D eigenvalue weighted by molar-refractivity contribution is 6.33. The first-order valence-electron chi connectivity index (χ1n) is 6.87. The van der Waals surface area contributed by atoms with E-state index in [1.54, 1.807) is 13.4 Å². The Labute approximate surface area is 143 Å². The summed E-state index contributed by atoms with van der Waals surface area (Å²) >= 11 is 6.11. The van der Waals surface area contributed by atoms with Crippen LogP contribution in [-0.2, 0) is 6.54 Å². The van der Waals surface area contributed by atoms with Gasteiger partial charge in [-0.25, -0.2) is 4.98 Å². The highest BCUT2D eigenvalue weighted by Gasteiger charge is 2.11. The average molecular weight is 348 g/mol. The van der Waals surface area contributed by atoms with Crippen LogP contribution in [0.3, 0.4) is 0 Å². The highest BCUT2D eigenvalue weighted by Crippen LogP contribution is 2.21. The molecule has 0 bridgehead atoms. The molecule has 2 heterocycles. The van der Waals surface area contributed by atoms with E-state index in [1.807, 2.05) is 28.8 Å². The minimum atomic E-state index is 0.122. The van der Waals surface area contributed by atoms with Gasteiger partial charge >= 0.3 is 0 Å². The number of methoxy groups -OCH3 is 1. The molecular formula is C15H18ClN7O. The van der Waals surface area contributed by atoms with Gasteiger partial charge in [-0.1, -0.05) is 30.3 Å². The van der Waals surface area contributed by atoms with Crippen molar-refractivity contribution in [3.63, 3.8) is 0 Å². The molecule has 0 saturated carbocycles. The molecule has 8 nitrogen and oxygen atoms in total. The van der Waals surface area contributed by atoms with Gasteiger partial charge in [-0.15, -0.1) is 0 Å². The lowest BCUT2D eigenvalue weighted by atomic mass is 10.2. The van der Waals surface area contributed by atoms with Crippen LogP contribution in [0.2, 0.25) is 5.15 Å². The molecule has 0 aliphatic heterocycles. The second kappa shape index (κ2) is 7.51. The molecular weight excluding hydrogens is 330 g/mol. The van der Waals surface area contributed by atoms with E-state index in [-0.39, 0.29) is 11.8 Å². The number of halogens is 1. The van der Waals surface area contributed by atoms with Gasteiger partial charge in [0.1, 0.15) is 11.3 Å². The number of anilines is 1. The van der Waals surface area contributed by atoms with Crippen LogP contribution in [0.5, 0.6) is 5.75 Å². The number of nitrogens with zero attached hydrogens (tertiary/aromatic N) is 4. The number of benzene rings is 1. The summed E-state index contributed by atoms with van der Waals surface area (Å²) in [5, 5.41) is 0.304. The van der Waals surface area contributed by atoms with E-state index < -0.39 is 0 Å². The van der Waals surface area contributed by atoms with Gasteiger partial charge in [0, 0.05) is 6.54 Å². The van der Waals surface area contributed by atoms with Crippen LogP contribution in [0.4, 0.5) is 5.95 Å². The monoisotopic (exact) mass is 347 g/mol. The van der Waals surface area contributed by atoms with Crippen molar-refractivity contribution in [1.82, 2.24) is 19.5 Å². The van der Waals surface area contributed by atoms with E-state index in [1.165, 1.54) is 0 Å². The third-order valence-electron chi connectivity index (χ3n) is 2.96. The van der Waals surface area contributed by atoms with E-state index in [0.29, 0.717) is 22.9 Å². The van der Waals surface area contributed by atoms with Gasteiger partial charge in [0.25, 0.3) is 0 Å². The molecule has 24 heavy (non-hydrogen) atoms. The van der Waals surface area contributed by atoms with E-state index in [4.69, 9.17) is 33.5 Å². The molecule has 0 amide bonds. The van der Waals surface area contributed by atoms with Gasteiger partial charge in [-0.3, -0.25) is 0 Å². The SMILES string of the molecule is C=C(N)N.COc1ccc(Cn2cnc3nc(N)nc(Cl)c32)cc1. The zero-order valence-corrected chi connectivity index (χ0v) is 13.9. The van der Waals surface area contributed by atoms with Gasteiger partial charge in [0.2, 0.25) is 5.95 Å². The van der Waals surface area contributed by atoms with Crippen molar-refractivity contribution in [2.24, 2.45) is 11.5 Å². The highest BCUT2D eigenvalue weighted by atomic mass is 35.5. The number of rotatable bonds is 3. The zero-order valence-electron chi connectivity index (χ0n) is 13.1. The van der Waals surface area contributed by atoms with Crippen LogP contribution in [-0.4, -0.2) is 26.6 Å². The summed E-state index contributed by atoms with van der Waals surface area (Å²) in [6, 6.07) is 7.78. The van der Waals surface area contributed by atoms with Crippen LogP contribution in [0.25, 0.3) is 11.2 Å². The molecule has 6 N–H and O–H groups in total. The van der Waals surface area contributed by atoms with Crippen LogP contribution >= 0.6 is 11.6 Å². The molecule has 0 aliphatic carbocycles. The third-order valence-corrected chi connectivity index (χ3v) is 3.22. The van der Waals surface area contributed by atoms with Gasteiger partial charge in [0.05, 0.1) is 19.3 Å². The first-order valence-corrected chi connectivity index (χ1v) is 7.25. The normalized spacial score (nSPS) is 10.1. The van der Waals surface area contributed by atoms with E-state index in [2.05, 4.69) is 21.5 Å². The van der Waals surface area contributed by atoms with Crippen molar-refractivity contribution in [1.29, 1.82) is 0 Å². The van der Waals surface area contributed by atoms with Crippen LogP contribution in [0, 0.1) is 0 Å². The topological polar surface area (TPSA) is 131 Å². The zero-order chi connectivity index (χ0) is 17.7. The van der Waals surface area contributed by atoms with Crippen molar-refractivity contribution in [3.8, 4) is 5.75 Å². The van der Waals surface area contributed by atoms with Crippen molar-refractivity contribution in [2.45, 2.75) is 6.54 Å². The molecule has 0 radical (unpaired) electrons. The largest absolute Gasteiger partial charge is 0.497 e. The van der Waals surface area contributed by atoms with E-state index >= 15 is 0 Å². The number of aromatic nitrogens is 4. The predicted octanol–water partition coefficient (Wildman–Crippen LogP) is 1.49. The molecule has 0 unspecified atom stereocenters. The molecule has 126 valence electrons. The van der Waals surface area contributed by atoms with Gasteiger partial charge < -0.3 is 26.5 Å². The summed E-state index contributed by atoms with van der Waals surface area (Å²) in [6.07, 6.45) is 1.68. The fourth-order valence-corrected chi connectivity index (χ4v) is 2.28. The quantitative estimate of drug-likeness (QED) is 0.611. The second-order valence-corrected chi connectivity index (χ2v) is 5.20. The lowest BCUT2D eigenvalue weighted by Crippen LogP contribution is -2.04. The minimum absolute atomic E-state index is 0.122. The third kappa shape index (κ3) is 4.26. The lowest BCUT2D eigenvalue weighted by Gasteiger charge is -2.06. The predicted molar refractivity (Wildman–Crippen MR) is 94.4 cm³/mol. The van der Waals surface area contributed by atoms with Crippen molar-refractivity contribution < 1.29 is 4.74 Å². The average Bonchev–Trinajstić information content (AvgIpc) is 2.90. The molecule has 2 aromatic heterocycles. The number of fused-ring (bicyclic) bond motifs is 1. The molecule has 0 saturated heterocycles. The Morgan fingerprint density at radius 3 is 2.46 bits per heavy atom. The van der Waals surface area contributed by atoms with Gasteiger partial charge in [-0.05, 0) is 17.7 Å². The molecule has 1 aromatic carbocycles. The summed E-state index contributed by atoms with van der Waals surface area (Å²) in [4.78, 5) is 12.2. The Hall–Kier alpha value is -3.00. The van der Waals surface area contributed by atoms with Crippen molar-refractivity contribution >= 4 is 28.7 Å². The summed E-state index contributed by atoms with van der Waals surface area (Å²) in [5.41, 5.74) is 17.2. The van der Waals surface area contributed by atoms with Gasteiger partial charge in [0.15, 0.2) is 10.8 Å². The molecule has 0 spiro atoms. The summed E-state index contributed by atoms with van der Waals surface area (Å²) in [5.74, 6) is 1.11. The van der Waals surface area contributed by atoms with Crippen molar-refractivity contribution in [3.05, 3.63) is 53.7 Å². The number of hydrogen-bond acceptors (Lipinski definition) is 7. The van der Waals surface area contributed by atoms with Gasteiger partial charge in [-0.2, -0.15) is 9.97 Å². The van der Waals surface area contributed by atoms with Crippen LogP contribution in [0.15, 0.2) is 43.0 Å². The maximum absolute atomic E-state index is 6.11. The second-order valence-electron chi connectivity index (χ2n) is 4.84. The number of nitrogens with two attached hydrogens (primary N) is 3. The Bertz CT molecular complexity index is 841. The number of imidazole rings is 1. The molecule has 3 aromatic rings. The van der Waals surface area contributed by atoms with E-state index in [0.717, 1.165) is 11.3 Å². The maximum Gasteiger partial charge on any atom is 0.223 e. The summed E-state index contributed by atoms with van der Waals surface area (Å²) < 4.78 is 7.02. The standard InChI is InChI=1S/C13H12ClN5O.C2H6N2/c1-20-9-4-2-8(3-5-9)6-19-7-16-12-10(19)11(14)17-13(15)18-12;1-2(3)4/h2-5,7H,6H2,1H3,(H2,15,17,18);1,3-4H2. The molecule has 0 fully saturated rings. The first-order chi connectivity index (χ1) is 11.4. The Kier molecular flexibility index (Phi) is 5.43. The van der Waals surface area contributed by atoms with E-state index in [9.17, 15) is 0 Å². The Morgan fingerprint density at radius 2 is 1.88 bits per heavy atom. The molecule has 9 heteroatoms. The smallest absolute Gasteiger partial charge is 0.223 e. The first kappa shape index (κ1) is 17.4.